The Morgan fingerprint density at radius 1 is 1.17 bits per heavy atom. The number of benzene rings is 2. The molecular weight excluding hydrogens is 295 g/mol. The van der Waals surface area contributed by atoms with Gasteiger partial charge in [0.1, 0.15) is 5.82 Å². The molecule has 3 aromatic rings. The fourth-order valence-electron chi connectivity index (χ4n) is 2.76. The summed E-state index contributed by atoms with van der Waals surface area (Å²) in [5.74, 6) is -0.542. The molecule has 23 heavy (non-hydrogen) atoms. The molecule has 0 fully saturated rings. The third-order valence-corrected chi connectivity index (χ3v) is 3.85. The lowest BCUT2D eigenvalue weighted by molar-refractivity contribution is -0.115. The normalized spacial score (nSPS) is 13.0. The number of carbonyl (C=O) groups is 1. The zero-order valence-electron chi connectivity index (χ0n) is 12.2. The van der Waals surface area contributed by atoms with Crippen LogP contribution in [0, 0.1) is 5.82 Å². The highest BCUT2D eigenvalue weighted by Crippen LogP contribution is 2.27. The van der Waals surface area contributed by atoms with Crippen LogP contribution in [0.2, 0.25) is 0 Å². The van der Waals surface area contributed by atoms with Crippen LogP contribution in [0.25, 0.3) is 5.69 Å². The molecule has 1 aromatic heterocycles. The second kappa shape index (κ2) is 5.31. The summed E-state index contributed by atoms with van der Waals surface area (Å²) in [6.07, 6.45) is 0.736. The van der Waals surface area contributed by atoms with Crippen LogP contribution in [0.4, 0.5) is 10.1 Å². The Labute approximate surface area is 131 Å². The first-order chi connectivity index (χ1) is 11.2. The predicted molar refractivity (Wildman–Crippen MR) is 82.9 cm³/mol. The van der Waals surface area contributed by atoms with Gasteiger partial charge in [-0.2, -0.15) is 0 Å². The van der Waals surface area contributed by atoms with Crippen LogP contribution in [-0.2, 0) is 17.6 Å². The molecule has 1 aliphatic heterocycles. The standard InChI is InChI=1S/C17H13FN4O/c18-12-6-7-13-15(9-12)22-16(10-17(23)19-13)14(20-21-22)8-11-4-2-1-3-5-11/h1-7,9H,8,10H2,(H,19,23). The van der Waals surface area contributed by atoms with Gasteiger partial charge in [0.05, 0.1) is 29.2 Å². The van der Waals surface area contributed by atoms with Gasteiger partial charge in [-0.3, -0.25) is 4.79 Å². The van der Waals surface area contributed by atoms with E-state index in [1.165, 1.54) is 18.2 Å². The SMILES string of the molecule is O=C1Cc2c(Cc3ccccc3)nnn2-c2cc(F)ccc2N1. The lowest BCUT2D eigenvalue weighted by Gasteiger charge is -2.07. The highest BCUT2D eigenvalue weighted by atomic mass is 19.1. The largest absolute Gasteiger partial charge is 0.324 e. The van der Waals surface area contributed by atoms with Gasteiger partial charge in [0.2, 0.25) is 5.91 Å². The van der Waals surface area contributed by atoms with Crippen molar-refractivity contribution in [2.75, 3.05) is 5.32 Å². The number of hydrogen-bond acceptors (Lipinski definition) is 3. The van der Waals surface area contributed by atoms with Crippen LogP contribution >= 0.6 is 0 Å². The molecule has 0 atom stereocenters. The van der Waals surface area contributed by atoms with E-state index in [4.69, 9.17) is 0 Å². The van der Waals surface area contributed by atoms with Gasteiger partial charge in [0, 0.05) is 12.5 Å². The Kier molecular flexibility index (Phi) is 3.15. The maximum absolute atomic E-state index is 13.6. The lowest BCUT2D eigenvalue weighted by Crippen LogP contribution is -2.13. The molecule has 1 aliphatic rings. The Balaban J connectivity index is 1.82. The fourth-order valence-corrected chi connectivity index (χ4v) is 2.76. The van der Waals surface area contributed by atoms with E-state index >= 15 is 0 Å². The summed E-state index contributed by atoms with van der Waals surface area (Å²) in [6, 6.07) is 14.0. The number of amides is 1. The van der Waals surface area contributed by atoms with Crippen molar-refractivity contribution in [2.24, 2.45) is 0 Å². The number of nitrogens with one attached hydrogen (secondary N) is 1. The van der Waals surface area contributed by atoms with Crippen molar-refractivity contribution in [3.8, 4) is 5.69 Å². The van der Waals surface area contributed by atoms with Crippen LogP contribution in [-0.4, -0.2) is 20.9 Å². The third kappa shape index (κ3) is 2.48. The molecule has 2 heterocycles. The quantitative estimate of drug-likeness (QED) is 0.791. The zero-order valence-corrected chi connectivity index (χ0v) is 12.2. The lowest BCUT2D eigenvalue weighted by atomic mass is 10.1. The monoisotopic (exact) mass is 308 g/mol. The van der Waals surface area contributed by atoms with Crippen molar-refractivity contribution >= 4 is 11.6 Å². The molecule has 0 bridgehead atoms. The number of fused-ring (bicyclic) bond motifs is 3. The van der Waals surface area contributed by atoms with E-state index in [2.05, 4.69) is 15.6 Å². The van der Waals surface area contributed by atoms with Crippen LogP contribution < -0.4 is 5.32 Å². The fraction of sp³-hybridized carbons (Fsp3) is 0.118. The van der Waals surface area contributed by atoms with Gasteiger partial charge in [-0.15, -0.1) is 5.10 Å². The number of nitrogens with zero attached hydrogens (tertiary/aromatic N) is 3. The molecule has 0 radical (unpaired) electrons. The Bertz CT molecular complexity index is 889. The van der Waals surface area contributed by atoms with Crippen LogP contribution in [0.1, 0.15) is 17.0 Å². The molecule has 0 saturated heterocycles. The minimum Gasteiger partial charge on any atom is -0.324 e. The summed E-state index contributed by atoms with van der Waals surface area (Å²) in [5.41, 5.74) is 3.53. The Hall–Kier alpha value is -3.02. The topological polar surface area (TPSA) is 59.8 Å². The summed E-state index contributed by atoms with van der Waals surface area (Å²) in [6.45, 7) is 0. The molecule has 1 N–H and O–H groups in total. The number of anilines is 1. The average Bonchev–Trinajstić information content (AvgIpc) is 2.86. The number of carbonyl (C=O) groups excluding carboxylic acids is 1. The van der Waals surface area contributed by atoms with E-state index in [1.807, 2.05) is 30.3 Å². The van der Waals surface area contributed by atoms with Crippen molar-refractivity contribution in [3.63, 3.8) is 0 Å². The second-order valence-electron chi connectivity index (χ2n) is 5.44. The van der Waals surface area contributed by atoms with Gasteiger partial charge >= 0.3 is 0 Å². The Morgan fingerprint density at radius 2 is 2.00 bits per heavy atom. The van der Waals surface area contributed by atoms with Crippen LogP contribution in [0.3, 0.4) is 0 Å². The van der Waals surface area contributed by atoms with Gasteiger partial charge in [0.15, 0.2) is 0 Å². The van der Waals surface area contributed by atoms with E-state index in [9.17, 15) is 9.18 Å². The highest BCUT2D eigenvalue weighted by molar-refractivity contribution is 5.95. The molecule has 5 nitrogen and oxygen atoms in total. The molecule has 2 aromatic carbocycles. The molecule has 0 unspecified atom stereocenters. The van der Waals surface area contributed by atoms with Crippen molar-refractivity contribution in [2.45, 2.75) is 12.8 Å². The summed E-state index contributed by atoms with van der Waals surface area (Å²) < 4.78 is 15.1. The summed E-state index contributed by atoms with van der Waals surface area (Å²) >= 11 is 0. The van der Waals surface area contributed by atoms with Crippen molar-refractivity contribution in [3.05, 3.63) is 71.3 Å². The van der Waals surface area contributed by atoms with Gasteiger partial charge in [-0.25, -0.2) is 9.07 Å². The molecule has 0 saturated carbocycles. The minimum absolute atomic E-state index is 0.158. The first-order valence-corrected chi connectivity index (χ1v) is 7.28. The van der Waals surface area contributed by atoms with Crippen molar-refractivity contribution < 1.29 is 9.18 Å². The molecular formula is C17H13FN4O. The smallest absolute Gasteiger partial charge is 0.230 e. The van der Waals surface area contributed by atoms with Crippen molar-refractivity contribution in [1.82, 2.24) is 15.0 Å². The highest BCUT2D eigenvalue weighted by Gasteiger charge is 2.24. The van der Waals surface area contributed by atoms with Gasteiger partial charge < -0.3 is 5.32 Å². The predicted octanol–water partition coefficient (Wildman–Crippen LogP) is 2.49. The minimum atomic E-state index is -0.383. The third-order valence-electron chi connectivity index (χ3n) is 3.85. The van der Waals surface area contributed by atoms with E-state index in [0.29, 0.717) is 23.5 Å². The number of aromatic nitrogens is 3. The summed E-state index contributed by atoms with van der Waals surface area (Å²) in [5, 5.41) is 11.1. The van der Waals surface area contributed by atoms with Crippen LogP contribution in [0.5, 0.6) is 0 Å². The number of hydrogen-bond donors (Lipinski definition) is 1. The first kappa shape index (κ1) is 13.6. The van der Waals surface area contributed by atoms with E-state index < -0.39 is 0 Å². The maximum atomic E-state index is 13.6. The second-order valence-corrected chi connectivity index (χ2v) is 5.44. The zero-order chi connectivity index (χ0) is 15.8. The summed E-state index contributed by atoms with van der Waals surface area (Å²) in [4.78, 5) is 12.1. The first-order valence-electron chi connectivity index (χ1n) is 7.28. The number of halogens is 1. The van der Waals surface area contributed by atoms with Crippen molar-refractivity contribution in [1.29, 1.82) is 0 Å². The average molecular weight is 308 g/mol. The molecule has 6 heteroatoms. The van der Waals surface area contributed by atoms with E-state index in [-0.39, 0.29) is 18.1 Å². The van der Waals surface area contributed by atoms with E-state index in [0.717, 1.165) is 11.3 Å². The number of rotatable bonds is 2. The molecule has 0 spiro atoms. The van der Waals surface area contributed by atoms with Gasteiger partial charge in [-0.1, -0.05) is 35.5 Å². The van der Waals surface area contributed by atoms with Crippen LogP contribution in [0.15, 0.2) is 48.5 Å². The van der Waals surface area contributed by atoms with E-state index in [1.54, 1.807) is 4.68 Å². The van der Waals surface area contributed by atoms with Gasteiger partial charge in [0.25, 0.3) is 0 Å². The molecule has 0 aliphatic carbocycles. The van der Waals surface area contributed by atoms with Gasteiger partial charge in [-0.05, 0) is 17.7 Å². The maximum Gasteiger partial charge on any atom is 0.230 e. The Morgan fingerprint density at radius 3 is 2.83 bits per heavy atom. The molecule has 4 rings (SSSR count). The molecule has 1 amide bonds. The molecule has 114 valence electrons. The summed E-state index contributed by atoms with van der Waals surface area (Å²) in [7, 11) is 0.